The standard InChI is InChI=1S/C13H14N2OS/c14-11-3-5-15(8-11)13(16)10-1-2-12-9(7-10)4-6-17-12/h1-2,4,6-7,11H,3,5,8,14H2/t11-/m0/s1. The first kappa shape index (κ1) is 10.7. The van der Waals surface area contributed by atoms with Gasteiger partial charge in [0.1, 0.15) is 0 Å². The zero-order valence-electron chi connectivity index (χ0n) is 9.43. The number of carbonyl (C=O) groups is 1. The predicted molar refractivity (Wildman–Crippen MR) is 70.3 cm³/mol. The Morgan fingerprint density at radius 2 is 2.29 bits per heavy atom. The molecule has 2 N–H and O–H groups in total. The van der Waals surface area contributed by atoms with Crippen LogP contribution in [-0.2, 0) is 0 Å². The molecule has 0 radical (unpaired) electrons. The highest BCUT2D eigenvalue weighted by Crippen LogP contribution is 2.23. The maximum absolute atomic E-state index is 12.2. The molecule has 0 bridgehead atoms. The zero-order valence-corrected chi connectivity index (χ0v) is 10.2. The molecule has 1 amide bonds. The lowest BCUT2D eigenvalue weighted by atomic mass is 10.1. The molecule has 1 saturated heterocycles. The monoisotopic (exact) mass is 246 g/mol. The molecule has 0 spiro atoms. The van der Waals surface area contributed by atoms with Gasteiger partial charge in [0, 0.05) is 29.4 Å². The molecule has 2 aromatic rings. The van der Waals surface area contributed by atoms with Crippen molar-refractivity contribution >= 4 is 27.3 Å². The van der Waals surface area contributed by atoms with Gasteiger partial charge in [-0.15, -0.1) is 11.3 Å². The van der Waals surface area contributed by atoms with Gasteiger partial charge in [-0.1, -0.05) is 0 Å². The summed E-state index contributed by atoms with van der Waals surface area (Å²) in [7, 11) is 0. The predicted octanol–water partition coefficient (Wildman–Crippen LogP) is 2.07. The summed E-state index contributed by atoms with van der Waals surface area (Å²) in [5, 5.41) is 3.19. The van der Waals surface area contributed by atoms with Crippen LogP contribution >= 0.6 is 11.3 Å². The smallest absolute Gasteiger partial charge is 0.253 e. The maximum atomic E-state index is 12.2. The summed E-state index contributed by atoms with van der Waals surface area (Å²) >= 11 is 1.70. The van der Waals surface area contributed by atoms with Crippen molar-refractivity contribution in [1.29, 1.82) is 0 Å². The number of hydrogen-bond acceptors (Lipinski definition) is 3. The summed E-state index contributed by atoms with van der Waals surface area (Å²) in [4.78, 5) is 14.1. The number of fused-ring (bicyclic) bond motifs is 1. The number of likely N-dealkylation sites (tertiary alicyclic amines) is 1. The van der Waals surface area contributed by atoms with Gasteiger partial charge in [-0.3, -0.25) is 4.79 Å². The molecule has 4 heteroatoms. The first-order chi connectivity index (χ1) is 8.24. The minimum Gasteiger partial charge on any atom is -0.337 e. The Morgan fingerprint density at radius 3 is 3.06 bits per heavy atom. The molecule has 3 nitrogen and oxygen atoms in total. The van der Waals surface area contributed by atoms with E-state index in [2.05, 4.69) is 0 Å². The third-order valence-electron chi connectivity index (χ3n) is 3.21. The van der Waals surface area contributed by atoms with Crippen LogP contribution in [0.5, 0.6) is 0 Å². The van der Waals surface area contributed by atoms with E-state index in [1.54, 1.807) is 11.3 Å². The SMILES string of the molecule is N[C@H]1CCN(C(=O)c2ccc3sccc3c2)C1. The van der Waals surface area contributed by atoms with Crippen molar-refractivity contribution < 1.29 is 4.79 Å². The van der Waals surface area contributed by atoms with Crippen molar-refractivity contribution in [3.05, 3.63) is 35.2 Å². The normalized spacial score (nSPS) is 20.1. The number of nitrogens with zero attached hydrogens (tertiary/aromatic N) is 1. The van der Waals surface area contributed by atoms with E-state index in [-0.39, 0.29) is 11.9 Å². The van der Waals surface area contributed by atoms with Crippen LogP contribution < -0.4 is 5.73 Å². The lowest BCUT2D eigenvalue weighted by Gasteiger charge is -2.15. The van der Waals surface area contributed by atoms with Crippen LogP contribution in [0.2, 0.25) is 0 Å². The van der Waals surface area contributed by atoms with Crippen LogP contribution in [0, 0.1) is 0 Å². The molecule has 1 aliphatic heterocycles. The lowest BCUT2D eigenvalue weighted by Crippen LogP contribution is -2.31. The minimum absolute atomic E-state index is 0.103. The number of benzene rings is 1. The number of hydrogen-bond donors (Lipinski definition) is 1. The molecule has 3 rings (SSSR count). The Hall–Kier alpha value is -1.39. The molecule has 0 saturated carbocycles. The first-order valence-corrected chi connectivity index (χ1v) is 6.64. The highest BCUT2D eigenvalue weighted by atomic mass is 32.1. The summed E-state index contributed by atoms with van der Waals surface area (Å²) in [5.41, 5.74) is 6.59. The summed E-state index contributed by atoms with van der Waals surface area (Å²) in [6.45, 7) is 1.46. The molecule has 88 valence electrons. The van der Waals surface area contributed by atoms with Gasteiger partial charge in [-0.05, 0) is 41.5 Å². The number of thiophene rings is 1. The average molecular weight is 246 g/mol. The minimum atomic E-state index is 0.103. The van der Waals surface area contributed by atoms with Crippen LogP contribution in [0.15, 0.2) is 29.6 Å². The number of rotatable bonds is 1. The van der Waals surface area contributed by atoms with E-state index in [1.165, 1.54) is 4.70 Å². The largest absolute Gasteiger partial charge is 0.337 e. The molecule has 0 unspecified atom stereocenters. The van der Waals surface area contributed by atoms with Crippen LogP contribution in [0.3, 0.4) is 0 Å². The Labute approximate surface area is 104 Å². The fourth-order valence-electron chi connectivity index (χ4n) is 2.25. The van der Waals surface area contributed by atoms with Gasteiger partial charge in [0.25, 0.3) is 5.91 Å². The summed E-state index contributed by atoms with van der Waals surface area (Å²) < 4.78 is 1.22. The van der Waals surface area contributed by atoms with Crippen LogP contribution in [-0.4, -0.2) is 29.9 Å². The Balaban J connectivity index is 1.89. The van der Waals surface area contributed by atoms with Crippen LogP contribution in [0.25, 0.3) is 10.1 Å². The molecule has 1 aromatic heterocycles. The molecule has 0 aliphatic carbocycles. The summed E-state index contributed by atoms with van der Waals surface area (Å²) in [5.74, 6) is 0.103. The quantitative estimate of drug-likeness (QED) is 0.837. The van der Waals surface area contributed by atoms with E-state index in [9.17, 15) is 4.79 Å². The van der Waals surface area contributed by atoms with E-state index >= 15 is 0 Å². The fraction of sp³-hybridized carbons (Fsp3) is 0.308. The van der Waals surface area contributed by atoms with Crippen molar-refractivity contribution in [1.82, 2.24) is 4.90 Å². The van der Waals surface area contributed by atoms with Crippen LogP contribution in [0.1, 0.15) is 16.8 Å². The Bertz CT molecular complexity index is 563. The summed E-state index contributed by atoms with van der Waals surface area (Å²) in [6.07, 6.45) is 0.909. The molecule has 2 heterocycles. The second-order valence-corrected chi connectivity index (χ2v) is 5.42. The van der Waals surface area contributed by atoms with Crippen LogP contribution in [0.4, 0.5) is 0 Å². The molecular weight excluding hydrogens is 232 g/mol. The molecule has 1 aliphatic rings. The topological polar surface area (TPSA) is 46.3 Å². The van der Waals surface area contributed by atoms with E-state index in [1.807, 2.05) is 34.5 Å². The van der Waals surface area contributed by atoms with E-state index in [4.69, 9.17) is 5.73 Å². The van der Waals surface area contributed by atoms with Crippen molar-refractivity contribution in [2.24, 2.45) is 5.73 Å². The second-order valence-electron chi connectivity index (χ2n) is 4.47. The van der Waals surface area contributed by atoms with Crippen molar-refractivity contribution in [2.75, 3.05) is 13.1 Å². The molecule has 1 aromatic carbocycles. The van der Waals surface area contributed by atoms with Gasteiger partial charge in [-0.2, -0.15) is 0 Å². The van der Waals surface area contributed by atoms with Gasteiger partial charge in [0.05, 0.1) is 0 Å². The molecular formula is C13H14N2OS. The Morgan fingerprint density at radius 1 is 1.41 bits per heavy atom. The molecule has 1 atom stereocenters. The third-order valence-corrected chi connectivity index (χ3v) is 4.11. The molecule has 17 heavy (non-hydrogen) atoms. The number of amides is 1. The third kappa shape index (κ3) is 1.94. The fourth-order valence-corrected chi connectivity index (χ4v) is 3.02. The zero-order chi connectivity index (χ0) is 11.8. The number of nitrogens with two attached hydrogens (primary N) is 1. The lowest BCUT2D eigenvalue weighted by molar-refractivity contribution is 0.0791. The van der Waals surface area contributed by atoms with Crippen molar-refractivity contribution in [3.8, 4) is 0 Å². The number of carbonyl (C=O) groups excluding carboxylic acids is 1. The maximum Gasteiger partial charge on any atom is 0.253 e. The second kappa shape index (κ2) is 4.13. The van der Waals surface area contributed by atoms with Crippen molar-refractivity contribution in [3.63, 3.8) is 0 Å². The summed E-state index contributed by atoms with van der Waals surface area (Å²) in [6, 6.07) is 8.09. The highest BCUT2D eigenvalue weighted by Gasteiger charge is 2.24. The Kier molecular flexibility index (Phi) is 2.61. The van der Waals surface area contributed by atoms with Gasteiger partial charge in [0.15, 0.2) is 0 Å². The average Bonchev–Trinajstić information content (AvgIpc) is 2.95. The highest BCUT2D eigenvalue weighted by molar-refractivity contribution is 7.17. The van der Waals surface area contributed by atoms with Gasteiger partial charge >= 0.3 is 0 Å². The van der Waals surface area contributed by atoms with Gasteiger partial charge < -0.3 is 10.6 Å². The molecule has 1 fully saturated rings. The van der Waals surface area contributed by atoms with Gasteiger partial charge in [0.2, 0.25) is 0 Å². The first-order valence-electron chi connectivity index (χ1n) is 5.76. The van der Waals surface area contributed by atoms with E-state index < -0.39 is 0 Å². The van der Waals surface area contributed by atoms with E-state index in [0.717, 1.165) is 23.9 Å². The van der Waals surface area contributed by atoms with E-state index in [0.29, 0.717) is 6.54 Å². The van der Waals surface area contributed by atoms with Gasteiger partial charge in [-0.25, -0.2) is 0 Å². The van der Waals surface area contributed by atoms with Crippen molar-refractivity contribution in [2.45, 2.75) is 12.5 Å².